The molecule has 0 saturated carbocycles. The van der Waals surface area contributed by atoms with Crippen molar-refractivity contribution in [2.24, 2.45) is 20.5 Å². The molecule has 6 N–H and O–H groups in total. The number of rotatable bonds is 11. The van der Waals surface area contributed by atoms with Crippen molar-refractivity contribution in [2.45, 2.75) is 19.6 Å². The molecule has 0 heterocycles. The number of hydrogen-bond donors (Lipinski definition) is 4. The molecule has 0 aromatic heterocycles. The first-order valence-corrected chi connectivity index (χ1v) is 21.7. The van der Waals surface area contributed by atoms with E-state index in [1.54, 1.807) is 0 Å². The van der Waals surface area contributed by atoms with E-state index in [9.17, 15) is 62.1 Å². The van der Waals surface area contributed by atoms with Crippen molar-refractivity contribution in [3.63, 3.8) is 0 Å². The normalized spacial score (nSPS) is 11.0. The zero-order valence-corrected chi connectivity index (χ0v) is 45.4. The number of fused-ring (bicyclic) bond motifs is 2. The smallest absolute Gasteiger partial charge is 0.870 e. The molecule has 70 heavy (non-hydrogen) atoms. The van der Waals surface area contributed by atoms with E-state index in [1.807, 2.05) is 0 Å². The molecule has 0 amide bonds. The first kappa shape index (κ1) is 78.7. The summed E-state index contributed by atoms with van der Waals surface area (Å²) in [5, 5.41) is 40.6. The van der Waals surface area contributed by atoms with E-state index in [4.69, 9.17) is 20.9 Å². The second kappa shape index (κ2) is 30.6. The Balaban J connectivity index is -0.00000141. The summed E-state index contributed by atoms with van der Waals surface area (Å²) in [4.78, 5) is -3.85. The third-order valence-electron chi connectivity index (χ3n) is 8.61. The molecule has 0 aliphatic carbocycles. The van der Waals surface area contributed by atoms with Gasteiger partial charge in [0.15, 0.2) is 0 Å². The van der Waals surface area contributed by atoms with E-state index in [2.05, 4.69) is 20.5 Å². The fourth-order valence-electron chi connectivity index (χ4n) is 5.91. The molecule has 22 nitrogen and oxygen atoms in total. The Bertz CT molecular complexity index is 3160. The van der Waals surface area contributed by atoms with Crippen molar-refractivity contribution in [1.82, 2.24) is 0 Å². The van der Waals surface area contributed by atoms with Crippen LogP contribution < -0.4 is 230 Å². The molecule has 0 fully saturated rings. The van der Waals surface area contributed by atoms with Gasteiger partial charge in [0.1, 0.15) is 52.9 Å². The average molecular weight is 986 g/mol. The molecule has 0 spiro atoms. The van der Waals surface area contributed by atoms with Gasteiger partial charge in [-0.1, -0.05) is 23.6 Å². The Morgan fingerprint density at radius 2 is 0.786 bits per heavy atom. The number of benzene rings is 6. The minimum Gasteiger partial charge on any atom is -0.870 e. The fourth-order valence-corrected chi connectivity index (χ4v) is 8.30. The van der Waals surface area contributed by atoms with Crippen molar-refractivity contribution in [3.05, 3.63) is 72.8 Å². The largest absolute Gasteiger partial charge is 1.00 e. The van der Waals surface area contributed by atoms with Gasteiger partial charge in [-0.25, -0.2) is 16.8 Å². The minimum absolute atomic E-state index is 0. The maximum absolute atomic E-state index is 13.4. The summed E-state index contributed by atoms with van der Waals surface area (Å²) in [6.45, 7) is 0. The molecule has 0 saturated heterocycles. The molecule has 6 rings (SSSR count). The molecule has 0 aliphatic heterocycles. The van der Waals surface area contributed by atoms with Crippen LogP contribution in [0.4, 0.5) is 34.1 Å². The number of ether oxygens (including phenoxy) is 2. The SMILES string of the molecule is COc1cc(-c2ccc(N=Nc3c(S(=O)(=O)O)cc4cc(S(=O)(=O)[O-])cc(N)c4c3[O-])c(OC)c2)ccc1N=Nc1c(S(=O)(=O)O)cc2cc(S(=O)(=O)[O-])cc(N)c2c1[O-].[Li+].[Li+].[Li+].[Li+].[Li+].[Li+].[Li+].[Li+].[Li+].[Na+]. The van der Waals surface area contributed by atoms with E-state index < -0.39 is 105 Å². The Kier molecular flexibility index (Phi) is 34.4. The van der Waals surface area contributed by atoms with Crippen LogP contribution in [0.2, 0.25) is 0 Å². The predicted molar refractivity (Wildman–Crippen MR) is 205 cm³/mol. The Labute approximate surface area is 532 Å². The predicted octanol–water partition coefficient (Wildman–Crippen LogP) is -25.8. The van der Waals surface area contributed by atoms with Gasteiger partial charge >= 0.3 is 199 Å². The van der Waals surface area contributed by atoms with Crippen LogP contribution in [0, 0.1) is 0 Å². The number of nitrogens with zero attached hydrogens (tertiary/aromatic N) is 4. The molecule has 0 unspecified atom stereocenters. The van der Waals surface area contributed by atoms with Gasteiger partial charge in [-0.2, -0.15) is 16.8 Å². The first-order chi connectivity index (χ1) is 27.8. The first-order valence-electron chi connectivity index (χ1n) is 16.0. The summed E-state index contributed by atoms with van der Waals surface area (Å²) < 4.78 is 149. The minimum atomic E-state index is -5.20. The van der Waals surface area contributed by atoms with E-state index in [1.165, 1.54) is 50.6 Å². The molecular formula is C34H24Li9N6NaO16S4+6. The van der Waals surface area contributed by atoms with Crippen molar-refractivity contribution >= 4 is 96.1 Å². The number of anilines is 2. The van der Waals surface area contributed by atoms with E-state index in [0.717, 1.165) is 0 Å². The van der Waals surface area contributed by atoms with E-state index >= 15 is 0 Å². The summed E-state index contributed by atoms with van der Waals surface area (Å²) in [5.74, 6) is -2.31. The zero-order chi connectivity index (χ0) is 44.3. The Morgan fingerprint density at radius 1 is 0.486 bits per heavy atom. The van der Waals surface area contributed by atoms with Gasteiger partial charge in [0.2, 0.25) is 0 Å². The molecular weight excluding hydrogens is 962 g/mol. The maximum Gasteiger partial charge on any atom is 1.00 e. The summed E-state index contributed by atoms with van der Waals surface area (Å²) in [6.07, 6.45) is 0. The molecule has 6 aromatic carbocycles. The number of azo groups is 2. The maximum atomic E-state index is 13.4. The van der Waals surface area contributed by atoms with Crippen LogP contribution in [-0.2, 0) is 40.5 Å². The van der Waals surface area contributed by atoms with Crippen molar-refractivity contribution in [1.29, 1.82) is 0 Å². The topological polar surface area (TPSA) is 389 Å². The number of nitrogen functional groups attached to an aromatic ring is 2. The monoisotopic (exact) mass is 986 g/mol. The van der Waals surface area contributed by atoms with E-state index in [-0.39, 0.29) is 233 Å². The second-order valence-electron chi connectivity index (χ2n) is 12.4. The van der Waals surface area contributed by atoms with Gasteiger partial charge in [-0.05, 0) is 93.3 Å². The molecule has 0 radical (unpaired) electrons. The van der Waals surface area contributed by atoms with Crippen LogP contribution in [0.15, 0.2) is 113 Å². The van der Waals surface area contributed by atoms with Crippen molar-refractivity contribution < 1.29 is 271 Å². The van der Waals surface area contributed by atoms with Gasteiger partial charge in [0.25, 0.3) is 20.2 Å². The zero-order valence-electron chi connectivity index (χ0n) is 40.1. The van der Waals surface area contributed by atoms with Crippen LogP contribution in [0.3, 0.4) is 0 Å². The molecule has 36 heteroatoms. The van der Waals surface area contributed by atoms with Gasteiger partial charge in [-0.3, -0.25) is 9.11 Å². The molecule has 0 bridgehead atoms. The second-order valence-corrected chi connectivity index (χ2v) is 17.9. The van der Waals surface area contributed by atoms with Crippen LogP contribution in [0.5, 0.6) is 23.0 Å². The molecule has 0 atom stereocenters. The summed E-state index contributed by atoms with van der Waals surface area (Å²) in [5.41, 5.74) is 9.62. The quantitative estimate of drug-likeness (QED) is 0.0405. The van der Waals surface area contributed by atoms with Crippen LogP contribution in [0.25, 0.3) is 32.7 Å². The molecule has 314 valence electrons. The fraction of sp³-hybridized carbons (Fsp3) is 0.0588. The number of hydrogen-bond acceptors (Lipinski definition) is 20. The summed E-state index contributed by atoms with van der Waals surface area (Å²) >= 11 is 0. The average Bonchev–Trinajstić information content (AvgIpc) is 3.14. The van der Waals surface area contributed by atoms with Crippen molar-refractivity contribution in [3.8, 4) is 34.1 Å². The van der Waals surface area contributed by atoms with Gasteiger partial charge in [0, 0.05) is 11.4 Å². The standard InChI is InChI=1S/C34H28N6O16S4.9Li.Na/c1-55-25-9-15(3-5-23(25)37-39-31-27(59(49,50)51)11-17-7-19(57(43,44)45)13-21(35)29(17)33(31)41)16-4-6-24(26(10-16)56-2)38-40-32-28(60(52,53)54)12-18-8-20(58(46,47)48)14-22(36)30(18)34(32)42;;;;;;;;;;/h3-14,41-42H,35-36H2,1-2H3,(H,43,44,45)(H,46,47,48)(H,49,50,51)(H,52,53,54);;;;;;;;;;/q;10*+1/p-4. The summed E-state index contributed by atoms with van der Waals surface area (Å²) in [7, 11) is -18.1. The van der Waals surface area contributed by atoms with Gasteiger partial charge in [-0.15, -0.1) is 20.5 Å². The molecule has 0 aliphatic rings. The van der Waals surface area contributed by atoms with Gasteiger partial charge in [0.05, 0.1) is 35.4 Å². The number of nitrogens with two attached hydrogens (primary N) is 2. The summed E-state index contributed by atoms with van der Waals surface area (Å²) in [6, 6.07) is 12.8. The van der Waals surface area contributed by atoms with Crippen molar-refractivity contribution in [2.75, 3.05) is 25.7 Å². The Hall–Kier alpha value is -0.143. The number of methoxy groups -OCH3 is 2. The van der Waals surface area contributed by atoms with Crippen LogP contribution in [0.1, 0.15) is 0 Å². The van der Waals surface area contributed by atoms with Gasteiger partial charge < -0.3 is 40.3 Å². The molecule has 6 aromatic rings. The third kappa shape index (κ3) is 17.4. The third-order valence-corrected chi connectivity index (χ3v) is 12.0. The Morgan fingerprint density at radius 3 is 1.04 bits per heavy atom. The van der Waals surface area contributed by atoms with Crippen LogP contribution in [-0.4, -0.2) is 66.1 Å². The van der Waals surface area contributed by atoms with Crippen LogP contribution >= 0.6 is 0 Å². The van der Waals surface area contributed by atoms with E-state index in [0.29, 0.717) is 47.5 Å².